The van der Waals surface area contributed by atoms with Gasteiger partial charge >= 0.3 is 0 Å². The standard InChI is InChI=1S/C15H35N3O8/c1-16-11(4-13(18-26)15(8-22,9-23)10-24)2-3-12(17-25)14(5-19,6-20)7-21/h11-13,16-26H,2-10H2,1H3. The monoisotopic (exact) mass is 385 g/mol. The molecule has 158 valence electrons. The van der Waals surface area contributed by atoms with E-state index in [4.69, 9.17) is 0 Å². The van der Waals surface area contributed by atoms with E-state index in [1.807, 2.05) is 11.0 Å². The fraction of sp³-hybridized carbons (Fsp3) is 1.00. The fourth-order valence-corrected chi connectivity index (χ4v) is 2.94. The minimum Gasteiger partial charge on any atom is -0.396 e. The highest BCUT2D eigenvalue weighted by Crippen LogP contribution is 2.27. The van der Waals surface area contributed by atoms with Gasteiger partial charge in [0.25, 0.3) is 0 Å². The van der Waals surface area contributed by atoms with Crippen LogP contribution in [0, 0.1) is 10.8 Å². The molecule has 0 spiro atoms. The Bertz CT molecular complexity index is 339. The van der Waals surface area contributed by atoms with Crippen molar-refractivity contribution in [3.63, 3.8) is 0 Å². The van der Waals surface area contributed by atoms with Crippen LogP contribution in [0.3, 0.4) is 0 Å². The van der Waals surface area contributed by atoms with Crippen LogP contribution in [0.25, 0.3) is 0 Å². The van der Waals surface area contributed by atoms with Crippen LogP contribution in [-0.2, 0) is 0 Å². The number of hydrogen-bond donors (Lipinski definition) is 11. The predicted molar refractivity (Wildman–Crippen MR) is 91.5 cm³/mol. The second-order valence-corrected chi connectivity index (χ2v) is 6.84. The molecule has 11 heteroatoms. The van der Waals surface area contributed by atoms with Crippen LogP contribution in [0.1, 0.15) is 19.3 Å². The molecule has 0 fully saturated rings. The number of aliphatic hydroxyl groups is 6. The molecular formula is C15H35N3O8. The van der Waals surface area contributed by atoms with Crippen molar-refractivity contribution in [1.82, 2.24) is 16.3 Å². The molecule has 26 heavy (non-hydrogen) atoms. The Morgan fingerprint density at radius 2 is 1.04 bits per heavy atom. The molecule has 0 aliphatic heterocycles. The lowest BCUT2D eigenvalue weighted by Crippen LogP contribution is -2.54. The van der Waals surface area contributed by atoms with Gasteiger partial charge in [-0.15, -0.1) is 0 Å². The molecule has 0 amide bonds. The summed E-state index contributed by atoms with van der Waals surface area (Å²) in [6, 6.07) is -1.88. The van der Waals surface area contributed by atoms with Crippen molar-refractivity contribution in [2.24, 2.45) is 10.8 Å². The van der Waals surface area contributed by atoms with E-state index in [0.717, 1.165) is 0 Å². The summed E-state index contributed by atoms with van der Waals surface area (Å²) in [5.41, 5.74) is 1.39. The van der Waals surface area contributed by atoms with E-state index in [9.17, 15) is 41.1 Å². The molecule has 0 saturated heterocycles. The van der Waals surface area contributed by atoms with Crippen LogP contribution in [0.2, 0.25) is 0 Å². The van der Waals surface area contributed by atoms with E-state index in [1.165, 1.54) is 0 Å². The Labute approximate surface area is 153 Å². The first-order valence-electron chi connectivity index (χ1n) is 8.54. The fourth-order valence-electron chi connectivity index (χ4n) is 2.94. The molecule has 0 radical (unpaired) electrons. The number of rotatable bonds is 16. The van der Waals surface area contributed by atoms with Gasteiger partial charge in [-0.05, 0) is 26.3 Å². The summed E-state index contributed by atoms with van der Waals surface area (Å²) >= 11 is 0. The topological polar surface area (TPSA) is 198 Å². The third-order valence-corrected chi connectivity index (χ3v) is 5.41. The summed E-state index contributed by atoms with van der Waals surface area (Å²) in [7, 11) is 1.66. The van der Waals surface area contributed by atoms with Gasteiger partial charge in [0.1, 0.15) is 0 Å². The smallest absolute Gasteiger partial charge is 0.0572 e. The minimum absolute atomic E-state index is 0.219. The number of aliphatic hydroxyl groups excluding tert-OH is 6. The summed E-state index contributed by atoms with van der Waals surface area (Å²) < 4.78 is 0. The molecule has 0 heterocycles. The average molecular weight is 385 g/mol. The molecule has 0 saturated carbocycles. The third-order valence-electron chi connectivity index (χ3n) is 5.41. The summed E-state index contributed by atoms with van der Waals surface area (Å²) in [6.45, 7) is -3.24. The van der Waals surface area contributed by atoms with Gasteiger partial charge in [-0.3, -0.25) is 0 Å². The van der Waals surface area contributed by atoms with E-state index >= 15 is 0 Å². The lowest BCUT2D eigenvalue weighted by Gasteiger charge is -2.38. The summed E-state index contributed by atoms with van der Waals surface area (Å²) in [6.07, 6.45) is 0.871. The molecule has 0 aromatic heterocycles. The summed E-state index contributed by atoms with van der Waals surface area (Å²) in [5, 5.41) is 78.7. The zero-order chi connectivity index (χ0) is 20.2. The molecule has 11 N–H and O–H groups in total. The van der Waals surface area contributed by atoms with Gasteiger partial charge in [0.15, 0.2) is 0 Å². The highest BCUT2D eigenvalue weighted by atomic mass is 16.5. The van der Waals surface area contributed by atoms with Crippen molar-refractivity contribution < 1.29 is 41.1 Å². The highest BCUT2D eigenvalue weighted by Gasteiger charge is 2.40. The van der Waals surface area contributed by atoms with Gasteiger partial charge in [0.2, 0.25) is 0 Å². The van der Waals surface area contributed by atoms with E-state index in [1.54, 1.807) is 7.05 Å². The van der Waals surface area contributed by atoms with Gasteiger partial charge in [-0.2, -0.15) is 0 Å². The molecule has 0 aliphatic rings. The summed E-state index contributed by atoms with van der Waals surface area (Å²) in [5.74, 6) is 0. The average Bonchev–Trinajstić information content (AvgIpc) is 2.70. The second-order valence-electron chi connectivity index (χ2n) is 6.84. The van der Waals surface area contributed by atoms with E-state index in [-0.39, 0.29) is 18.9 Å². The summed E-state index contributed by atoms with van der Waals surface area (Å²) in [4.78, 5) is 0. The molecular weight excluding hydrogens is 350 g/mol. The van der Waals surface area contributed by atoms with E-state index < -0.39 is 62.6 Å². The molecule has 0 aliphatic carbocycles. The maximum absolute atomic E-state index is 9.50. The number of hydrogen-bond acceptors (Lipinski definition) is 11. The van der Waals surface area contributed by atoms with Gasteiger partial charge in [0, 0.05) is 18.1 Å². The lowest BCUT2D eigenvalue weighted by atomic mass is 9.77. The first kappa shape index (κ1) is 25.6. The highest BCUT2D eigenvalue weighted by molar-refractivity contribution is 4.93. The number of nitrogens with one attached hydrogen (secondary N) is 3. The Kier molecular flexibility index (Phi) is 12.6. The first-order chi connectivity index (χ1) is 12.4. The SMILES string of the molecule is CNC(CCC(NO)C(CO)(CO)CO)CC(NO)C(CO)(CO)CO. The maximum atomic E-state index is 9.50. The van der Waals surface area contributed by atoms with Crippen LogP contribution in [0.15, 0.2) is 0 Å². The molecule has 0 rings (SSSR count). The van der Waals surface area contributed by atoms with Crippen LogP contribution < -0.4 is 16.3 Å². The van der Waals surface area contributed by atoms with Gasteiger partial charge in [-0.1, -0.05) is 0 Å². The van der Waals surface area contributed by atoms with Gasteiger partial charge in [-0.25, -0.2) is 11.0 Å². The zero-order valence-electron chi connectivity index (χ0n) is 15.2. The van der Waals surface area contributed by atoms with Crippen molar-refractivity contribution in [3.8, 4) is 0 Å². The van der Waals surface area contributed by atoms with Crippen molar-refractivity contribution in [3.05, 3.63) is 0 Å². The van der Waals surface area contributed by atoms with Crippen LogP contribution in [0.4, 0.5) is 0 Å². The first-order valence-corrected chi connectivity index (χ1v) is 8.54. The van der Waals surface area contributed by atoms with Crippen molar-refractivity contribution in [2.45, 2.75) is 37.4 Å². The molecule has 0 aromatic carbocycles. The van der Waals surface area contributed by atoms with Gasteiger partial charge in [0.05, 0.1) is 50.5 Å². The van der Waals surface area contributed by atoms with E-state index in [0.29, 0.717) is 6.42 Å². The van der Waals surface area contributed by atoms with Crippen LogP contribution in [-0.4, -0.2) is 106 Å². The normalized spacial score (nSPS) is 16.5. The van der Waals surface area contributed by atoms with Crippen molar-refractivity contribution in [1.29, 1.82) is 0 Å². The third kappa shape index (κ3) is 6.04. The largest absolute Gasteiger partial charge is 0.396 e. The Balaban J connectivity index is 5.08. The molecule has 0 aromatic rings. The number of hydroxylamine groups is 2. The Morgan fingerprint density at radius 1 is 0.654 bits per heavy atom. The second kappa shape index (κ2) is 12.9. The Hall–Kier alpha value is -0.440. The van der Waals surface area contributed by atoms with Crippen molar-refractivity contribution in [2.75, 3.05) is 46.7 Å². The molecule has 3 unspecified atom stereocenters. The molecule has 0 bridgehead atoms. The zero-order valence-corrected chi connectivity index (χ0v) is 15.2. The van der Waals surface area contributed by atoms with Crippen LogP contribution >= 0.6 is 0 Å². The maximum Gasteiger partial charge on any atom is 0.0572 e. The van der Waals surface area contributed by atoms with E-state index in [2.05, 4.69) is 5.32 Å². The predicted octanol–water partition coefficient (Wildman–Crippen LogP) is -3.63. The van der Waals surface area contributed by atoms with Crippen LogP contribution in [0.5, 0.6) is 0 Å². The van der Waals surface area contributed by atoms with Gasteiger partial charge < -0.3 is 46.4 Å². The minimum atomic E-state index is -1.33. The van der Waals surface area contributed by atoms with Crippen molar-refractivity contribution >= 4 is 0 Å². The Morgan fingerprint density at radius 3 is 1.35 bits per heavy atom. The lowest BCUT2D eigenvalue weighted by molar-refractivity contribution is -0.0660. The quantitative estimate of drug-likeness (QED) is 0.117. The molecule has 3 atom stereocenters. The molecule has 11 nitrogen and oxygen atoms in total.